The Bertz CT molecular complexity index is 784. The molecule has 0 radical (unpaired) electrons. The van der Waals surface area contributed by atoms with Crippen LogP contribution in [-0.2, 0) is 11.3 Å². The highest BCUT2D eigenvalue weighted by Gasteiger charge is 2.22. The van der Waals surface area contributed by atoms with Crippen molar-refractivity contribution in [2.75, 3.05) is 13.7 Å². The average Bonchev–Trinajstić information content (AvgIpc) is 2.78. The van der Waals surface area contributed by atoms with Crippen LogP contribution in [0.2, 0.25) is 0 Å². The Labute approximate surface area is 173 Å². The van der Waals surface area contributed by atoms with Crippen molar-refractivity contribution >= 4 is 11.8 Å². The molecule has 1 aliphatic rings. The minimum Gasteiger partial charge on any atom is -0.493 e. The molecule has 0 unspecified atom stereocenters. The first-order chi connectivity index (χ1) is 14.1. The van der Waals surface area contributed by atoms with Gasteiger partial charge < -0.3 is 15.0 Å². The van der Waals surface area contributed by atoms with Crippen molar-refractivity contribution in [1.29, 1.82) is 0 Å². The molecule has 1 N–H and O–H groups in total. The number of hydrogen-bond donors (Lipinski definition) is 1. The standard InChI is InChI=1S/C24H30N2O3/c1-26(21-8-4-2-5-9-21)24(28)20-14-12-19(13-15-20)18-25-23(27)16-17-29-22-10-6-3-7-11-22/h3,6-7,10-15,21H,2,4-5,8-9,16-18H2,1H3,(H,25,27). The Balaban J connectivity index is 1.41. The van der Waals surface area contributed by atoms with Crippen LogP contribution in [0.5, 0.6) is 5.75 Å². The lowest BCUT2D eigenvalue weighted by Gasteiger charge is -2.31. The van der Waals surface area contributed by atoms with Crippen LogP contribution >= 0.6 is 0 Å². The molecular formula is C24H30N2O3. The summed E-state index contributed by atoms with van der Waals surface area (Å²) in [4.78, 5) is 26.6. The van der Waals surface area contributed by atoms with Crippen LogP contribution in [-0.4, -0.2) is 36.4 Å². The van der Waals surface area contributed by atoms with Gasteiger partial charge in [-0.15, -0.1) is 0 Å². The molecule has 0 atom stereocenters. The second-order valence-corrected chi connectivity index (χ2v) is 7.59. The number of hydrogen-bond acceptors (Lipinski definition) is 3. The van der Waals surface area contributed by atoms with Crippen LogP contribution in [0.25, 0.3) is 0 Å². The number of benzene rings is 2. The van der Waals surface area contributed by atoms with Gasteiger partial charge in [0.25, 0.3) is 5.91 Å². The molecule has 3 rings (SSSR count). The number of para-hydroxylation sites is 1. The lowest BCUT2D eigenvalue weighted by atomic mass is 9.94. The summed E-state index contributed by atoms with van der Waals surface area (Å²) in [5.74, 6) is 0.780. The predicted octanol–water partition coefficient (Wildman–Crippen LogP) is 4.18. The zero-order valence-corrected chi connectivity index (χ0v) is 17.1. The molecule has 0 aliphatic heterocycles. The third kappa shape index (κ3) is 6.34. The summed E-state index contributed by atoms with van der Waals surface area (Å²) in [7, 11) is 1.91. The summed E-state index contributed by atoms with van der Waals surface area (Å²) < 4.78 is 5.54. The van der Waals surface area contributed by atoms with Gasteiger partial charge in [0, 0.05) is 25.2 Å². The zero-order valence-electron chi connectivity index (χ0n) is 17.1. The number of nitrogens with zero attached hydrogens (tertiary/aromatic N) is 1. The largest absolute Gasteiger partial charge is 0.493 e. The van der Waals surface area contributed by atoms with E-state index in [-0.39, 0.29) is 11.8 Å². The fourth-order valence-electron chi connectivity index (χ4n) is 3.67. The smallest absolute Gasteiger partial charge is 0.253 e. The van der Waals surface area contributed by atoms with Crippen molar-refractivity contribution in [2.45, 2.75) is 51.1 Å². The maximum Gasteiger partial charge on any atom is 0.253 e. The van der Waals surface area contributed by atoms with E-state index in [1.165, 1.54) is 19.3 Å². The fourth-order valence-corrected chi connectivity index (χ4v) is 3.67. The van der Waals surface area contributed by atoms with Crippen LogP contribution in [0.3, 0.4) is 0 Å². The van der Waals surface area contributed by atoms with E-state index in [1.54, 1.807) is 0 Å². The van der Waals surface area contributed by atoms with Crippen molar-refractivity contribution < 1.29 is 14.3 Å². The summed E-state index contributed by atoms with van der Waals surface area (Å²) in [6.07, 6.45) is 6.18. The van der Waals surface area contributed by atoms with Gasteiger partial charge in [-0.25, -0.2) is 0 Å². The van der Waals surface area contributed by atoms with Crippen LogP contribution in [0.1, 0.15) is 54.4 Å². The van der Waals surface area contributed by atoms with E-state index in [1.807, 2.05) is 66.5 Å². The number of ether oxygens (including phenoxy) is 1. The molecule has 2 aromatic carbocycles. The Kier molecular flexibility index (Phi) is 7.68. The topological polar surface area (TPSA) is 58.6 Å². The van der Waals surface area contributed by atoms with E-state index in [0.29, 0.717) is 31.2 Å². The Morgan fingerprint density at radius 2 is 1.69 bits per heavy atom. The number of rotatable bonds is 8. The lowest BCUT2D eigenvalue weighted by molar-refractivity contribution is -0.121. The van der Waals surface area contributed by atoms with E-state index < -0.39 is 0 Å². The lowest BCUT2D eigenvalue weighted by Crippen LogP contribution is -2.38. The maximum atomic E-state index is 12.7. The summed E-state index contributed by atoms with van der Waals surface area (Å²) in [5, 5.41) is 2.89. The van der Waals surface area contributed by atoms with Crippen LogP contribution in [0.4, 0.5) is 0 Å². The molecule has 1 fully saturated rings. The molecule has 0 saturated heterocycles. The Morgan fingerprint density at radius 1 is 1.00 bits per heavy atom. The Morgan fingerprint density at radius 3 is 2.38 bits per heavy atom. The molecular weight excluding hydrogens is 364 g/mol. The third-order valence-corrected chi connectivity index (χ3v) is 5.47. The van der Waals surface area contributed by atoms with Crippen LogP contribution < -0.4 is 10.1 Å². The minimum atomic E-state index is -0.0573. The Hall–Kier alpha value is -2.82. The van der Waals surface area contributed by atoms with E-state index in [9.17, 15) is 9.59 Å². The number of carbonyl (C=O) groups is 2. The molecule has 29 heavy (non-hydrogen) atoms. The molecule has 0 spiro atoms. The van der Waals surface area contributed by atoms with E-state index >= 15 is 0 Å². The molecule has 1 saturated carbocycles. The highest BCUT2D eigenvalue weighted by Crippen LogP contribution is 2.23. The van der Waals surface area contributed by atoms with Gasteiger partial charge in [-0.2, -0.15) is 0 Å². The van der Waals surface area contributed by atoms with Crippen molar-refractivity contribution in [3.05, 3.63) is 65.7 Å². The van der Waals surface area contributed by atoms with Crippen LogP contribution in [0.15, 0.2) is 54.6 Å². The van der Waals surface area contributed by atoms with Crippen molar-refractivity contribution in [2.24, 2.45) is 0 Å². The normalized spacial score (nSPS) is 14.2. The molecule has 0 heterocycles. The monoisotopic (exact) mass is 394 g/mol. The van der Waals surface area contributed by atoms with Gasteiger partial charge in [0.1, 0.15) is 5.75 Å². The molecule has 2 amide bonds. The third-order valence-electron chi connectivity index (χ3n) is 5.47. The van der Waals surface area contributed by atoms with Crippen molar-refractivity contribution in [3.8, 4) is 5.75 Å². The van der Waals surface area contributed by atoms with Crippen molar-refractivity contribution in [1.82, 2.24) is 10.2 Å². The molecule has 5 heteroatoms. The zero-order chi connectivity index (χ0) is 20.5. The highest BCUT2D eigenvalue weighted by molar-refractivity contribution is 5.94. The molecule has 0 bridgehead atoms. The molecule has 154 valence electrons. The second kappa shape index (κ2) is 10.6. The minimum absolute atomic E-state index is 0.0573. The van der Waals surface area contributed by atoms with Crippen molar-refractivity contribution in [3.63, 3.8) is 0 Å². The summed E-state index contributed by atoms with van der Waals surface area (Å²) in [6.45, 7) is 0.786. The van der Waals surface area contributed by atoms with E-state index in [4.69, 9.17) is 4.74 Å². The number of nitrogens with one attached hydrogen (secondary N) is 1. The first-order valence-corrected chi connectivity index (χ1v) is 10.4. The highest BCUT2D eigenvalue weighted by atomic mass is 16.5. The molecule has 2 aromatic rings. The number of amides is 2. The summed E-state index contributed by atoms with van der Waals surface area (Å²) >= 11 is 0. The van der Waals surface area contributed by atoms with E-state index in [0.717, 1.165) is 24.2 Å². The van der Waals surface area contributed by atoms with Gasteiger partial charge in [0.15, 0.2) is 0 Å². The predicted molar refractivity (Wildman–Crippen MR) is 114 cm³/mol. The van der Waals surface area contributed by atoms with Gasteiger partial charge in [0.05, 0.1) is 13.0 Å². The summed E-state index contributed by atoms with van der Waals surface area (Å²) in [6, 6.07) is 17.3. The first-order valence-electron chi connectivity index (χ1n) is 10.4. The van der Waals surface area contributed by atoms with Gasteiger partial charge in [-0.3, -0.25) is 9.59 Å². The SMILES string of the molecule is CN(C(=O)c1ccc(CNC(=O)CCOc2ccccc2)cc1)C1CCCCC1. The van der Waals surface area contributed by atoms with Gasteiger partial charge >= 0.3 is 0 Å². The molecule has 0 aromatic heterocycles. The fraction of sp³-hybridized carbons (Fsp3) is 0.417. The molecule has 1 aliphatic carbocycles. The van der Waals surface area contributed by atoms with Crippen LogP contribution in [0, 0.1) is 0 Å². The first kappa shape index (κ1) is 20.9. The molecule has 5 nitrogen and oxygen atoms in total. The average molecular weight is 395 g/mol. The van der Waals surface area contributed by atoms with Gasteiger partial charge in [-0.05, 0) is 42.7 Å². The van der Waals surface area contributed by atoms with Gasteiger partial charge in [0.2, 0.25) is 5.91 Å². The summed E-state index contributed by atoms with van der Waals surface area (Å²) in [5.41, 5.74) is 1.67. The maximum absolute atomic E-state index is 12.7. The quantitative estimate of drug-likeness (QED) is 0.731. The second-order valence-electron chi connectivity index (χ2n) is 7.59. The van der Waals surface area contributed by atoms with Gasteiger partial charge in [-0.1, -0.05) is 49.6 Å². The number of carbonyl (C=O) groups excluding carboxylic acids is 2. The van der Waals surface area contributed by atoms with E-state index in [2.05, 4.69) is 5.32 Å².